The minimum absolute atomic E-state index is 0.104. The highest BCUT2D eigenvalue weighted by Crippen LogP contribution is 2.28. The first-order chi connectivity index (χ1) is 15.0. The van der Waals surface area contributed by atoms with Crippen LogP contribution in [0.3, 0.4) is 0 Å². The van der Waals surface area contributed by atoms with Gasteiger partial charge in [-0.15, -0.1) is 10.2 Å². The molecule has 2 aromatic heterocycles. The molecule has 0 spiro atoms. The fourth-order valence-electron chi connectivity index (χ4n) is 2.70. The van der Waals surface area contributed by atoms with Crippen molar-refractivity contribution in [2.24, 2.45) is 0 Å². The number of amides is 1. The number of rotatable bonds is 6. The highest BCUT2D eigenvalue weighted by molar-refractivity contribution is 8.00. The molecule has 0 aliphatic heterocycles. The molecule has 154 valence electrons. The number of anilines is 1. The van der Waals surface area contributed by atoms with Crippen LogP contribution in [0.15, 0.2) is 57.9 Å². The zero-order valence-corrected chi connectivity index (χ0v) is 17.4. The summed E-state index contributed by atoms with van der Waals surface area (Å²) in [6, 6.07) is 13.0. The molecule has 0 saturated carbocycles. The van der Waals surface area contributed by atoms with E-state index in [0.29, 0.717) is 26.3 Å². The van der Waals surface area contributed by atoms with Crippen LogP contribution in [0.2, 0.25) is 0 Å². The summed E-state index contributed by atoms with van der Waals surface area (Å²) in [6.07, 6.45) is 1.25. The number of fused-ring (bicyclic) bond motifs is 1. The normalized spacial score (nSPS) is 10.7. The molecule has 31 heavy (non-hydrogen) atoms. The van der Waals surface area contributed by atoms with E-state index in [9.17, 15) is 14.0 Å². The van der Waals surface area contributed by atoms with Gasteiger partial charge in [-0.3, -0.25) is 19.5 Å². The number of carbonyl (C=O) groups excluding carboxylic acids is 1. The second-order valence-electron chi connectivity index (χ2n) is 6.36. The molecule has 1 N–H and O–H groups in total. The van der Waals surface area contributed by atoms with Gasteiger partial charge in [0, 0.05) is 5.75 Å². The summed E-state index contributed by atoms with van der Waals surface area (Å²) in [6.45, 7) is -0.286. The maximum atomic E-state index is 13.4. The van der Waals surface area contributed by atoms with Gasteiger partial charge in [0.2, 0.25) is 11.0 Å². The molecule has 0 aliphatic rings. The average molecular weight is 452 g/mol. The smallest absolute Gasteiger partial charge is 0.261 e. The van der Waals surface area contributed by atoms with E-state index >= 15 is 0 Å². The maximum Gasteiger partial charge on any atom is 0.261 e. The van der Waals surface area contributed by atoms with Gasteiger partial charge in [0.25, 0.3) is 5.56 Å². The van der Waals surface area contributed by atoms with Crippen molar-refractivity contribution in [3.05, 3.63) is 76.1 Å². The maximum absolute atomic E-state index is 13.4. The number of halogens is 1. The van der Waals surface area contributed by atoms with Crippen molar-refractivity contribution in [3.63, 3.8) is 0 Å². The van der Waals surface area contributed by atoms with E-state index in [1.165, 1.54) is 41.6 Å². The van der Waals surface area contributed by atoms with Crippen molar-refractivity contribution >= 4 is 45.0 Å². The third-order valence-corrected chi connectivity index (χ3v) is 6.24. The molecule has 0 unspecified atom stereocenters. The molecule has 8 nitrogen and oxygen atoms in total. The van der Waals surface area contributed by atoms with Crippen molar-refractivity contribution in [1.82, 2.24) is 19.7 Å². The lowest BCUT2D eigenvalue weighted by Crippen LogP contribution is -2.27. The Morgan fingerprint density at radius 3 is 2.81 bits per heavy atom. The van der Waals surface area contributed by atoms with Crippen LogP contribution in [0.4, 0.5) is 9.52 Å². The zero-order chi connectivity index (χ0) is 21.8. The van der Waals surface area contributed by atoms with Gasteiger partial charge in [0.15, 0.2) is 4.34 Å². The molecule has 0 fully saturated rings. The summed E-state index contributed by atoms with van der Waals surface area (Å²) >= 11 is 2.67. The number of hydrogen-bond acceptors (Lipinski definition) is 8. The van der Waals surface area contributed by atoms with E-state index in [1.54, 1.807) is 12.1 Å². The lowest BCUT2D eigenvalue weighted by atomic mass is 10.2. The van der Waals surface area contributed by atoms with E-state index in [-0.39, 0.29) is 11.9 Å². The molecule has 0 saturated heterocycles. The first-order valence-corrected chi connectivity index (χ1v) is 10.7. The van der Waals surface area contributed by atoms with Crippen molar-refractivity contribution < 1.29 is 9.18 Å². The molecule has 11 heteroatoms. The van der Waals surface area contributed by atoms with E-state index in [2.05, 4.69) is 26.6 Å². The molecule has 0 atom stereocenters. The summed E-state index contributed by atoms with van der Waals surface area (Å²) in [5, 5.41) is 19.8. The van der Waals surface area contributed by atoms with Crippen molar-refractivity contribution in [2.75, 3.05) is 5.32 Å². The Morgan fingerprint density at radius 1 is 1.23 bits per heavy atom. The van der Waals surface area contributed by atoms with Crippen LogP contribution in [0, 0.1) is 17.1 Å². The lowest BCUT2D eigenvalue weighted by Gasteiger charge is -2.06. The van der Waals surface area contributed by atoms with Crippen LogP contribution in [0.1, 0.15) is 11.1 Å². The van der Waals surface area contributed by atoms with Crippen LogP contribution in [0.5, 0.6) is 0 Å². The summed E-state index contributed by atoms with van der Waals surface area (Å²) in [4.78, 5) is 28.9. The molecule has 0 aliphatic carbocycles. The van der Waals surface area contributed by atoms with E-state index in [0.717, 1.165) is 16.2 Å². The number of hydrogen-bond donors (Lipinski definition) is 1. The third-order valence-electron chi connectivity index (χ3n) is 4.20. The van der Waals surface area contributed by atoms with E-state index in [4.69, 9.17) is 5.26 Å². The first kappa shape index (κ1) is 20.6. The van der Waals surface area contributed by atoms with Gasteiger partial charge in [-0.1, -0.05) is 35.2 Å². The minimum Gasteiger partial charge on any atom is -0.299 e. The van der Waals surface area contributed by atoms with Crippen LogP contribution in [-0.2, 0) is 17.1 Å². The Balaban J connectivity index is 1.38. The number of nitriles is 1. The van der Waals surface area contributed by atoms with Crippen molar-refractivity contribution in [2.45, 2.75) is 16.6 Å². The topological polar surface area (TPSA) is 114 Å². The molecule has 2 aromatic carbocycles. The van der Waals surface area contributed by atoms with Gasteiger partial charge in [-0.25, -0.2) is 9.37 Å². The number of carbonyl (C=O) groups is 1. The third kappa shape index (κ3) is 4.93. The molecule has 2 heterocycles. The summed E-state index contributed by atoms with van der Waals surface area (Å²) in [7, 11) is 0. The second-order valence-corrected chi connectivity index (χ2v) is 8.56. The van der Waals surface area contributed by atoms with Crippen molar-refractivity contribution in [1.29, 1.82) is 5.26 Å². The standard InChI is InChI=1S/C20H13FN6O2S2/c21-14-5-6-16-15(7-14)18(29)27(11-23-16)9-17(28)24-19-25-26-20(31-19)30-10-13-3-1-12(8-22)2-4-13/h1-7,11H,9-10H2,(H,24,25,28). The summed E-state index contributed by atoms with van der Waals surface area (Å²) in [5.74, 6) is -0.379. The Labute approximate surface area is 183 Å². The lowest BCUT2D eigenvalue weighted by molar-refractivity contribution is -0.116. The largest absolute Gasteiger partial charge is 0.299 e. The molecular formula is C20H13FN6O2S2. The highest BCUT2D eigenvalue weighted by atomic mass is 32.2. The van der Waals surface area contributed by atoms with Crippen LogP contribution < -0.4 is 10.9 Å². The van der Waals surface area contributed by atoms with E-state index in [1.807, 2.05) is 12.1 Å². The van der Waals surface area contributed by atoms with Gasteiger partial charge >= 0.3 is 0 Å². The van der Waals surface area contributed by atoms with Gasteiger partial charge in [-0.05, 0) is 35.9 Å². The predicted octanol–water partition coefficient (Wildman–Crippen LogP) is 3.19. The number of nitrogens with one attached hydrogen (secondary N) is 1. The number of aromatic nitrogens is 4. The van der Waals surface area contributed by atoms with Crippen LogP contribution in [0.25, 0.3) is 10.9 Å². The van der Waals surface area contributed by atoms with Gasteiger partial charge in [0.1, 0.15) is 12.4 Å². The van der Waals surface area contributed by atoms with Crippen molar-refractivity contribution in [3.8, 4) is 6.07 Å². The number of benzene rings is 2. The Kier molecular flexibility index (Phi) is 6.01. The second kappa shape index (κ2) is 9.03. The van der Waals surface area contributed by atoms with Gasteiger partial charge in [0.05, 0.1) is 28.9 Å². The van der Waals surface area contributed by atoms with E-state index < -0.39 is 17.3 Å². The van der Waals surface area contributed by atoms with Gasteiger partial charge in [-0.2, -0.15) is 5.26 Å². The fraction of sp³-hybridized carbons (Fsp3) is 0.100. The number of thioether (sulfide) groups is 1. The minimum atomic E-state index is -0.548. The molecular weight excluding hydrogens is 439 g/mol. The zero-order valence-electron chi connectivity index (χ0n) is 15.8. The summed E-state index contributed by atoms with van der Waals surface area (Å²) < 4.78 is 15.2. The summed E-state index contributed by atoms with van der Waals surface area (Å²) in [5.41, 5.74) is 1.48. The molecule has 4 aromatic rings. The SMILES string of the molecule is N#Cc1ccc(CSc2nnc(NC(=O)Cn3cnc4ccc(F)cc4c3=O)s2)cc1. The monoisotopic (exact) mass is 452 g/mol. The molecule has 4 rings (SSSR count). The Hall–Kier alpha value is -3.62. The number of nitrogens with zero attached hydrogens (tertiary/aromatic N) is 5. The van der Waals surface area contributed by atoms with Crippen LogP contribution >= 0.6 is 23.1 Å². The quantitative estimate of drug-likeness (QED) is 0.353. The molecule has 0 bridgehead atoms. The van der Waals surface area contributed by atoms with Crippen LogP contribution in [-0.4, -0.2) is 25.7 Å². The first-order valence-electron chi connectivity index (χ1n) is 8.92. The molecule has 0 radical (unpaired) electrons. The Morgan fingerprint density at radius 2 is 2.03 bits per heavy atom. The molecule has 1 amide bonds. The fourth-order valence-corrected chi connectivity index (χ4v) is 4.42. The predicted molar refractivity (Wildman–Crippen MR) is 115 cm³/mol. The highest BCUT2D eigenvalue weighted by Gasteiger charge is 2.12. The Bertz CT molecular complexity index is 1360. The van der Waals surface area contributed by atoms with Gasteiger partial charge < -0.3 is 0 Å². The average Bonchev–Trinajstić information content (AvgIpc) is 3.22.